The lowest BCUT2D eigenvalue weighted by molar-refractivity contribution is 0.0846. The van der Waals surface area contributed by atoms with Crippen LogP contribution in [0.3, 0.4) is 0 Å². The molecular weight excluding hydrogens is 248 g/mol. The standard InChI is InChI=1S/C14H18O3S/c1-3-18-7-6-11-8-13(15)12-5-4-10(16-2)9-14(12)17-11/h4-5,9,11H,3,6-8H2,1-2H3. The molecule has 1 atom stereocenters. The maximum Gasteiger partial charge on any atom is 0.170 e. The molecule has 1 heterocycles. The number of fused-ring (bicyclic) bond motifs is 1. The van der Waals surface area contributed by atoms with E-state index in [-0.39, 0.29) is 11.9 Å². The molecule has 98 valence electrons. The van der Waals surface area contributed by atoms with Gasteiger partial charge >= 0.3 is 0 Å². The van der Waals surface area contributed by atoms with E-state index in [1.807, 2.05) is 11.8 Å². The van der Waals surface area contributed by atoms with Crippen molar-refractivity contribution in [3.63, 3.8) is 0 Å². The smallest absolute Gasteiger partial charge is 0.170 e. The molecule has 4 heteroatoms. The second kappa shape index (κ2) is 6.14. The van der Waals surface area contributed by atoms with Crippen LogP contribution in [0.5, 0.6) is 11.5 Å². The third kappa shape index (κ3) is 2.99. The van der Waals surface area contributed by atoms with Gasteiger partial charge in [-0.05, 0) is 30.1 Å². The number of Topliss-reactive ketones (excluding diaryl/α,β-unsaturated/α-hetero) is 1. The molecule has 0 bridgehead atoms. The Bertz CT molecular complexity index is 431. The Hall–Kier alpha value is -1.16. The second-order valence-corrected chi connectivity index (χ2v) is 5.61. The van der Waals surface area contributed by atoms with Crippen LogP contribution in [0.4, 0.5) is 0 Å². The van der Waals surface area contributed by atoms with Crippen LogP contribution in [0.25, 0.3) is 0 Å². The predicted molar refractivity (Wildman–Crippen MR) is 74.0 cm³/mol. The number of hydrogen-bond acceptors (Lipinski definition) is 4. The lowest BCUT2D eigenvalue weighted by atomic mass is 9.99. The van der Waals surface area contributed by atoms with Crippen LogP contribution in [0.15, 0.2) is 18.2 Å². The summed E-state index contributed by atoms with van der Waals surface area (Å²) in [6, 6.07) is 5.38. The van der Waals surface area contributed by atoms with Gasteiger partial charge in [0.05, 0.1) is 12.7 Å². The molecule has 1 aliphatic rings. The number of ketones is 1. The molecule has 0 amide bonds. The van der Waals surface area contributed by atoms with Gasteiger partial charge in [-0.3, -0.25) is 4.79 Å². The number of carbonyl (C=O) groups excluding carboxylic acids is 1. The highest BCUT2D eigenvalue weighted by molar-refractivity contribution is 7.99. The van der Waals surface area contributed by atoms with Gasteiger partial charge in [0.1, 0.15) is 17.6 Å². The second-order valence-electron chi connectivity index (χ2n) is 4.21. The first-order valence-electron chi connectivity index (χ1n) is 6.20. The quantitative estimate of drug-likeness (QED) is 0.767. The van der Waals surface area contributed by atoms with Crippen molar-refractivity contribution in [1.29, 1.82) is 0 Å². The average Bonchev–Trinajstić information content (AvgIpc) is 2.38. The van der Waals surface area contributed by atoms with E-state index in [0.717, 1.165) is 23.7 Å². The van der Waals surface area contributed by atoms with Crippen molar-refractivity contribution in [3.8, 4) is 11.5 Å². The van der Waals surface area contributed by atoms with Gasteiger partial charge in [0.15, 0.2) is 5.78 Å². The van der Waals surface area contributed by atoms with Gasteiger partial charge in [0, 0.05) is 12.5 Å². The number of hydrogen-bond donors (Lipinski definition) is 0. The fourth-order valence-electron chi connectivity index (χ4n) is 2.02. The zero-order valence-corrected chi connectivity index (χ0v) is 11.6. The molecule has 3 nitrogen and oxygen atoms in total. The summed E-state index contributed by atoms with van der Waals surface area (Å²) in [6.07, 6.45) is 1.42. The van der Waals surface area contributed by atoms with Crippen molar-refractivity contribution < 1.29 is 14.3 Å². The lowest BCUT2D eigenvalue weighted by Gasteiger charge is -2.25. The number of carbonyl (C=O) groups is 1. The summed E-state index contributed by atoms with van der Waals surface area (Å²) >= 11 is 1.88. The molecule has 1 unspecified atom stereocenters. The Balaban J connectivity index is 2.08. The molecule has 1 aromatic carbocycles. The van der Waals surface area contributed by atoms with Crippen LogP contribution >= 0.6 is 11.8 Å². The predicted octanol–water partition coefficient (Wildman–Crippen LogP) is 3.17. The van der Waals surface area contributed by atoms with E-state index < -0.39 is 0 Å². The number of benzene rings is 1. The molecule has 0 radical (unpaired) electrons. The van der Waals surface area contributed by atoms with E-state index >= 15 is 0 Å². The summed E-state index contributed by atoms with van der Waals surface area (Å²) in [6.45, 7) is 2.14. The summed E-state index contributed by atoms with van der Waals surface area (Å²) < 4.78 is 11.0. The third-order valence-electron chi connectivity index (χ3n) is 2.98. The highest BCUT2D eigenvalue weighted by Crippen LogP contribution is 2.32. The number of rotatable bonds is 5. The van der Waals surface area contributed by atoms with Crippen molar-refractivity contribution in [2.24, 2.45) is 0 Å². The minimum absolute atomic E-state index is 0.0103. The minimum Gasteiger partial charge on any atom is -0.497 e. The first-order chi connectivity index (χ1) is 8.74. The van der Waals surface area contributed by atoms with Gasteiger partial charge < -0.3 is 9.47 Å². The summed E-state index contributed by atoms with van der Waals surface area (Å²) in [5.41, 5.74) is 0.676. The van der Waals surface area contributed by atoms with Crippen LogP contribution in [-0.2, 0) is 0 Å². The fraction of sp³-hybridized carbons (Fsp3) is 0.500. The maximum atomic E-state index is 12.0. The number of methoxy groups -OCH3 is 1. The SMILES string of the molecule is CCSCCC1CC(=O)c2ccc(OC)cc2O1. The summed E-state index contributed by atoms with van der Waals surface area (Å²) in [5, 5.41) is 0. The van der Waals surface area contributed by atoms with Crippen LogP contribution in [-0.4, -0.2) is 30.5 Å². The van der Waals surface area contributed by atoms with Gasteiger partial charge in [-0.15, -0.1) is 0 Å². The Morgan fingerprint density at radius 2 is 2.33 bits per heavy atom. The van der Waals surface area contributed by atoms with Gasteiger partial charge in [0.2, 0.25) is 0 Å². The Kier molecular flexibility index (Phi) is 4.53. The summed E-state index contributed by atoms with van der Waals surface area (Å²) in [5.74, 6) is 3.70. The Morgan fingerprint density at radius 3 is 3.06 bits per heavy atom. The van der Waals surface area contributed by atoms with E-state index in [4.69, 9.17) is 9.47 Å². The number of thioether (sulfide) groups is 1. The van der Waals surface area contributed by atoms with E-state index in [2.05, 4.69) is 6.92 Å². The molecule has 0 aromatic heterocycles. The average molecular weight is 266 g/mol. The van der Waals surface area contributed by atoms with Crippen molar-refractivity contribution >= 4 is 17.5 Å². The molecule has 0 spiro atoms. The van der Waals surface area contributed by atoms with E-state index in [1.54, 1.807) is 25.3 Å². The van der Waals surface area contributed by atoms with Gasteiger partial charge in [-0.25, -0.2) is 0 Å². The minimum atomic E-state index is 0.0103. The van der Waals surface area contributed by atoms with Crippen LogP contribution in [0.1, 0.15) is 30.1 Å². The molecule has 2 rings (SSSR count). The Labute approximate surface area is 112 Å². The highest BCUT2D eigenvalue weighted by atomic mass is 32.2. The molecule has 0 saturated carbocycles. The molecule has 0 saturated heterocycles. The largest absolute Gasteiger partial charge is 0.497 e. The zero-order valence-electron chi connectivity index (χ0n) is 10.8. The molecule has 0 fully saturated rings. The number of ether oxygens (including phenoxy) is 2. The topological polar surface area (TPSA) is 35.5 Å². The summed E-state index contributed by atoms with van der Waals surface area (Å²) in [7, 11) is 1.61. The molecule has 1 aliphatic heterocycles. The molecule has 0 N–H and O–H groups in total. The van der Waals surface area contributed by atoms with Gasteiger partial charge in [-0.1, -0.05) is 6.92 Å². The van der Waals surface area contributed by atoms with E-state index in [9.17, 15) is 4.79 Å². The molecule has 1 aromatic rings. The van der Waals surface area contributed by atoms with E-state index in [1.165, 1.54) is 0 Å². The fourth-order valence-corrected chi connectivity index (χ4v) is 2.73. The Morgan fingerprint density at radius 1 is 1.50 bits per heavy atom. The lowest BCUT2D eigenvalue weighted by Crippen LogP contribution is -2.27. The molecule has 0 aliphatic carbocycles. The van der Waals surface area contributed by atoms with Crippen molar-refractivity contribution in [2.75, 3.05) is 18.6 Å². The van der Waals surface area contributed by atoms with Crippen LogP contribution in [0.2, 0.25) is 0 Å². The van der Waals surface area contributed by atoms with E-state index in [0.29, 0.717) is 17.7 Å². The third-order valence-corrected chi connectivity index (χ3v) is 3.92. The van der Waals surface area contributed by atoms with Crippen LogP contribution in [0, 0.1) is 0 Å². The van der Waals surface area contributed by atoms with Gasteiger partial charge in [-0.2, -0.15) is 11.8 Å². The highest BCUT2D eigenvalue weighted by Gasteiger charge is 2.26. The van der Waals surface area contributed by atoms with Crippen molar-refractivity contribution in [1.82, 2.24) is 0 Å². The first-order valence-corrected chi connectivity index (χ1v) is 7.35. The van der Waals surface area contributed by atoms with Gasteiger partial charge in [0.25, 0.3) is 0 Å². The summed E-state index contributed by atoms with van der Waals surface area (Å²) in [4.78, 5) is 12.0. The normalized spacial score (nSPS) is 18.1. The molecule has 18 heavy (non-hydrogen) atoms. The zero-order chi connectivity index (χ0) is 13.0. The first kappa shape index (κ1) is 13.3. The maximum absolute atomic E-state index is 12.0. The van der Waals surface area contributed by atoms with Crippen molar-refractivity contribution in [2.45, 2.75) is 25.9 Å². The van der Waals surface area contributed by atoms with Crippen LogP contribution < -0.4 is 9.47 Å². The van der Waals surface area contributed by atoms with Crippen molar-refractivity contribution in [3.05, 3.63) is 23.8 Å². The monoisotopic (exact) mass is 266 g/mol. The molecular formula is C14H18O3S.